The molecule has 0 unspecified atom stereocenters. The number of fused-ring (bicyclic) bond motifs is 1. The molecule has 2 heterocycles. The highest BCUT2D eigenvalue weighted by atomic mass is 35.5. The number of benzene rings is 3. The molecule has 1 atom stereocenters. The first-order chi connectivity index (χ1) is 20.7. The van der Waals surface area contributed by atoms with Crippen molar-refractivity contribution in [1.29, 1.82) is 0 Å². The molecule has 0 radical (unpaired) electrons. The number of halogens is 1. The Kier molecular flexibility index (Phi) is 9.03. The number of ether oxygens (including phenoxy) is 4. The average Bonchev–Trinajstić information content (AvgIpc) is 3.32. The third-order valence-corrected chi connectivity index (χ3v) is 7.97. The van der Waals surface area contributed by atoms with Crippen molar-refractivity contribution in [3.8, 4) is 17.2 Å². The third kappa shape index (κ3) is 6.09. The van der Waals surface area contributed by atoms with Gasteiger partial charge < -0.3 is 18.9 Å². The molecule has 222 valence electrons. The maximum atomic E-state index is 14.1. The molecule has 5 rings (SSSR count). The second-order valence-corrected chi connectivity index (χ2v) is 11.3. The highest BCUT2D eigenvalue weighted by Gasteiger charge is 2.35. The lowest BCUT2D eigenvalue weighted by Gasteiger charge is -2.26. The van der Waals surface area contributed by atoms with Crippen molar-refractivity contribution in [3.05, 3.63) is 114 Å². The molecular weight excluding hydrogens is 588 g/mol. The van der Waals surface area contributed by atoms with Crippen LogP contribution in [-0.4, -0.2) is 37.5 Å². The van der Waals surface area contributed by atoms with Crippen LogP contribution in [0.25, 0.3) is 11.8 Å². The van der Waals surface area contributed by atoms with E-state index in [9.17, 15) is 9.59 Å². The average molecular weight is 619 g/mol. The summed E-state index contributed by atoms with van der Waals surface area (Å²) in [7, 11) is 3.12. The molecule has 0 spiro atoms. The smallest absolute Gasteiger partial charge is 0.338 e. The Hall–Kier alpha value is -4.34. The predicted molar refractivity (Wildman–Crippen MR) is 168 cm³/mol. The van der Waals surface area contributed by atoms with Crippen LogP contribution in [0, 0.1) is 0 Å². The maximum absolute atomic E-state index is 14.1. The minimum atomic E-state index is -0.793. The Bertz CT molecular complexity index is 1860. The lowest BCUT2D eigenvalue weighted by atomic mass is 9.93. The van der Waals surface area contributed by atoms with Gasteiger partial charge in [0.05, 0.1) is 53.8 Å². The number of hydrogen-bond acceptors (Lipinski definition) is 8. The summed E-state index contributed by atoms with van der Waals surface area (Å²) in [5, 5.41) is 0.360. The van der Waals surface area contributed by atoms with Gasteiger partial charge in [0.15, 0.2) is 16.3 Å². The second-order valence-electron chi connectivity index (χ2n) is 9.91. The summed E-state index contributed by atoms with van der Waals surface area (Å²) in [4.78, 5) is 33.1. The number of esters is 1. The van der Waals surface area contributed by atoms with E-state index in [2.05, 4.69) is 0 Å². The van der Waals surface area contributed by atoms with Crippen LogP contribution >= 0.6 is 22.9 Å². The van der Waals surface area contributed by atoms with Gasteiger partial charge in [-0.2, -0.15) is 0 Å². The van der Waals surface area contributed by atoms with Crippen LogP contribution in [-0.2, 0) is 9.53 Å². The molecule has 0 aliphatic carbocycles. The number of hydrogen-bond donors (Lipinski definition) is 0. The largest absolute Gasteiger partial charge is 0.497 e. The molecule has 0 bridgehead atoms. The second kappa shape index (κ2) is 12.9. The zero-order chi connectivity index (χ0) is 30.7. The van der Waals surface area contributed by atoms with Crippen LogP contribution in [0.2, 0.25) is 5.02 Å². The Morgan fingerprint density at radius 3 is 2.42 bits per heavy atom. The molecular formula is C33H31ClN2O6S. The van der Waals surface area contributed by atoms with E-state index in [-0.39, 0.29) is 23.8 Å². The van der Waals surface area contributed by atoms with Gasteiger partial charge in [0.1, 0.15) is 5.75 Å². The lowest BCUT2D eigenvalue weighted by molar-refractivity contribution is -0.138. The zero-order valence-corrected chi connectivity index (χ0v) is 26.0. The van der Waals surface area contributed by atoms with Crippen molar-refractivity contribution < 1.29 is 23.7 Å². The van der Waals surface area contributed by atoms with E-state index in [0.29, 0.717) is 48.4 Å². The van der Waals surface area contributed by atoms with Gasteiger partial charge in [0, 0.05) is 5.56 Å². The van der Waals surface area contributed by atoms with Crippen LogP contribution in [0.3, 0.4) is 0 Å². The monoisotopic (exact) mass is 618 g/mol. The summed E-state index contributed by atoms with van der Waals surface area (Å²) in [5.41, 5.74) is 2.51. The topological polar surface area (TPSA) is 88.4 Å². The minimum absolute atomic E-state index is 0.105. The molecule has 4 aromatic rings. The molecule has 10 heteroatoms. The van der Waals surface area contributed by atoms with E-state index >= 15 is 0 Å². The molecule has 1 aliphatic heterocycles. The van der Waals surface area contributed by atoms with Gasteiger partial charge in [0.25, 0.3) is 5.56 Å². The Labute approximate surface area is 258 Å². The zero-order valence-electron chi connectivity index (χ0n) is 24.4. The van der Waals surface area contributed by atoms with Gasteiger partial charge in [-0.1, -0.05) is 65.4 Å². The lowest BCUT2D eigenvalue weighted by Crippen LogP contribution is -2.40. The van der Waals surface area contributed by atoms with Crippen molar-refractivity contribution in [3.63, 3.8) is 0 Å². The first-order valence-electron chi connectivity index (χ1n) is 13.7. The van der Waals surface area contributed by atoms with Gasteiger partial charge in [-0.25, -0.2) is 9.79 Å². The first-order valence-corrected chi connectivity index (χ1v) is 14.9. The summed E-state index contributed by atoms with van der Waals surface area (Å²) in [6.07, 6.45) is 1.63. The van der Waals surface area contributed by atoms with Gasteiger partial charge in [0.2, 0.25) is 0 Å². The summed E-state index contributed by atoms with van der Waals surface area (Å²) < 4.78 is 24.2. The Morgan fingerprint density at radius 2 is 1.79 bits per heavy atom. The highest BCUT2D eigenvalue weighted by molar-refractivity contribution is 7.07. The number of aromatic nitrogens is 1. The molecule has 1 aromatic heterocycles. The van der Waals surface area contributed by atoms with Gasteiger partial charge in [-0.15, -0.1) is 0 Å². The minimum Gasteiger partial charge on any atom is -0.497 e. The van der Waals surface area contributed by atoms with E-state index in [1.165, 1.54) is 18.4 Å². The van der Waals surface area contributed by atoms with Crippen LogP contribution in [0.15, 0.2) is 82.1 Å². The van der Waals surface area contributed by atoms with Crippen LogP contribution in [0.1, 0.15) is 43.5 Å². The molecule has 0 saturated carbocycles. The molecule has 0 N–H and O–H groups in total. The normalized spacial score (nSPS) is 14.8. The van der Waals surface area contributed by atoms with Crippen LogP contribution < -0.4 is 29.1 Å². The molecule has 0 saturated heterocycles. The molecule has 8 nitrogen and oxygen atoms in total. The van der Waals surface area contributed by atoms with E-state index in [1.807, 2.05) is 56.3 Å². The number of rotatable bonds is 9. The van der Waals surface area contributed by atoms with Crippen molar-refractivity contribution >= 4 is 40.7 Å². The number of thiazole rings is 1. The molecule has 1 aliphatic rings. The van der Waals surface area contributed by atoms with Crippen molar-refractivity contribution in [2.75, 3.05) is 20.8 Å². The predicted octanol–water partition coefficient (Wildman–Crippen LogP) is 5.39. The molecule has 43 heavy (non-hydrogen) atoms. The highest BCUT2D eigenvalue weighted by Crippen LogP contribution is 2.38. The fourth-order valence-electron chi connectivity index (χ4n) is 4.87. The number of methoxy groups -OCH3 is 2. The molecule has 3 aromatic carbocycles. The molecule has 0 fully saturated rings. The van der Waals surface area contributed by atoms with E-state index in [0.717, 1.165) is 5.56 Å². The fraction of sp³-hybridized carbons (Fsp3) is 0.242. The standard InChI is InChI=1S/C33H31ClN2O6S/c1-6-41-32(38)27-28(21-10-8-7-9-11-21)35-33-36(29(27)22-12-14-23(39-4)15-13-22)31(37)26(43-33)18-20-16-24(34)30(42-19(2)3)25(17-20)40-5/h7-19,29H,6H2,1-5H3/b26-18-/t29-/m1/s1. The summed E-state index contributed by atoms with van der Waals surface area (Å²) in [5.74, 6) is 0.991. The van der Waals surface area contributed by atoms with Gasteiger partial charge in [-0.3, -0.25) is 9.36 Å². The van der Waals surface area contributed by atoms with Gasteiger partial charge >= 0.3 is 5.97 Å². The van der Waals surface area contributed by atoms with Crippen molar-refractivity contribution in [2.24, 2.45) is 4.99 Å². The Balaban J connectivity index is 1.77. The third-order valence-electron chi connectivity index (χ3n) is 6.71. The number of carbonyl (C=O) groups is 1. The Morgan fingerprint density at radius 1 is 1.07 bits per heavy atom. The van der Waals surface area contributed by atoms with Gasteiger partial charge in [-0.05, 0) is 62.2 Å². The van der Waals surface area contributed by atoms with Crippen LogP contribution in [0.4, 0.5) is 0 Å². The molecule has 0 amide bonds. The van der Waals surface area contributed by atoms with E-state index < -0.39 is 12.0 Å². The number of carbonyl (C=O) groups excluding carboxylic acids is 1. The fourth-order valence-corrected chi connectivity index (χ4v) is 6.13. The first kappa shape index (κ1) is 30.1. The number of nitrogens with zero attached hydrogens (tertiary/aromatic N) is 2. The SMILES string of the molecule is CCOC(=O)C1=C(c2ccccc2)N=c2s/c(=C\c3cc(Cl)c(OC(C)C)c(OC)c3)c(=O)n2[C@@H]1c1ccc(OC)cc1. The van der Waals surface area contributed by atoms with Crippen molar-refractivity contribution in [1.82, 2.24) is 4.57 Å². The van der Waals surface area contributed by atoms with E-state index in [4.69, 9.17) is 35.5 Å². The quantitative estimate of drug-likeness (QED) is 0.234. The van der Waals surface area contributed by atoms with E-state index in [1.54, 1.807) is 48.9 Å². The summed E-state index contributed by atoms with van der Waals surface area (Å²) in [6.45, 7) is 5.72. The maximum Gasteiger partial charge on any atom is 0.338 e. The van der Waals surface area contributed by atoms with Crippen molar-refractivity contribution in [2.45, 2.75) is 32.9 Å². The summed E-state index contributed by atoms with van der Waals surface area (Å²) in [6, 6.07) is 19.4. The van der Waals surface area contributed by atoms with Crippen LogP contribution in [0.5, 0.6) is 17.2 Å². The summed E-state index contributed by atoms with van der Waals surface area (Å²) >= 11 is 7.80.